The smallest absolute Gasteiger partial charge is 0.339 e. The zero-order valence-electron chi connectivity index (χ0n) is 11.6. The Balaban J connectivity index is 2.50. The van der Waals surface area contributed by atoms with Gasteiger partial charge in [0.15, 0.2) is 0 Å². The molecule has 106 valence electrons. The fraction of sp³-hybridized carbons (Fsp3) is 0.125. The average molecular weight is 283 g/mol. The topological polar surface area (TPSA) is 79.5 Å². The Bertz CT molecular complexity index is 732. The van der Waals surface area contributed by atoms with Gasteiger partial charge >= 0.3 is 5.97 Å². The van der Waals surface area contributed by atoms with Crippen LogP contribution < -0.4 is 9.47 Å². The molecule has 2 aromatic rings. The fourth-order valence-electron chi connectivity index (χ4n) is 1.88. The van der Waals surface area contributed by atoms with Crippen molar-refractivity contribution in [1.82, 2.24) is 0 Å². The molecule has 0 atom stereocenters. The zero-order chi connectivity index (χ0) is 15.4. The first-order valence-corrected chi connectivity index (χ1v) is 6.15. The molecule has 0 bridgehead atoms. The predicted molar refractivity (Wildman–Crippen MR) is 75.9 cm³/mol. The van der Waals surface area contributed by atoms with E-state index in [-0.39, 0.29) is 11.3 Å². The van der Waals surface area contributed by atoms with Crippen molar-refractivity contribution < 1.29 is 19.4 Å². The first kappa shape index (κ1) is 14.4. The van der Waals surface area contributed by atoms with Crippen molar-refractivity contribution in [3.8, 4) is 23.3 Å². The second-order valence-electron chi connectivity index (χ2n) is 4.33. The Hall–Kier alpha value is -3.00. The molecule has 0 aliphatic carbocycles. The van der Waals surface area contributed by atoms with Crippen LogP contribution in [0, 0.1) is 18.3 Å². The van der Waals surface area contributed by atoms with Crippen molar-refractivity contribution in [2.75, 3.05) is 7.11 Å². The molecule has 0 amide bonds. The summed E-state index contributed by atoms with van der Waals surface area (Å²) in [5, 5.41) is 18.4. The largest absolute Gasteiger partial charge is 0.497 e. The summed E-state index contributed by atoms with van der Waals surface area (Å²) in [7, 11) is 1.45. The Kier molecular flexibility index (Phi) is 4.10. The summed E-state index contributed by atoms with van der Waals surface area (Å²) in [6.45, 7) is 1.79. The highest BCUT2D eigenvalue weighted by Gasteiger charge is 2.16. The van der Waals surface area contributed by atoms with Gasteiger partial charge in [0.2, 0.25) is 0 Å². The van der Waals surface area contributed by atoms with Crippen molar-refractivity contribution in [3.05, 3.63) is 53.1 Å². The van der Waals surface area contributed by atoms with E-state index in [9.17, 15) is 9.90 Å². The molecule has 1 N–H and O–H groups in total. The maximum Gasteiger partial charge on any atom is 0.339 e. The van der Waals surface area contributed by atoms with Crippen LogP contribution in [0.25, 0.3) is 0 Å². The molecule has 0 spiro atoms. The van der Waals surface area contributed by atoms with Crippen molar-refractivity contribution >= 4 is 5.97 Å². The Labute approximate surface area is 122 Å². The van der Waals surface area contributed by atoms with Gasteiger partial charge in [0.25, 0.3) is 0 Å². The maximum atomic E-state index is 11.3. The summed E-state index contributed by atoms with van der Waals surface area (Å²) in [6.07, 6.45) is 0. The third-order valence-corrected chi connectivity index (χ3v) is 2.96. The van der Waals surface area contributed by atoms with Crippen molar-refractivity contribution in [2.24, 2.45) is 0 Å². The standard InChI is InChI=1S/C16H13NO4/c1-10-4-3-5-11(9-17)15(10)21-14-7-6-12(20-2)8-13(14)16(18)19/h3-8H,1-2H3,(H,18,19). The summed E-state index contributed by atoms with van der Waals surface area (Å²) in [5.74, 6) is -0.192. The van der Waals surface area contributed by atoms with Crippen molar-refractivity contribution in [1.29, 1.82) is 5.26 Å². The molecule has 0 fully saturated rings. The number of aromatic carboxylic acids is 1. The lowest BCUT2D eigenvalue weighted by molar-refractivity contribution is 0.0693. The minimum absolute atomic E-state index is 0.0264. The highest BCUT2D eigenvalue weighted by atomic mass is 16.5. The SMILES string of the molecule is COc1ccc(Oc2c(C)cccc2C#N)c(C(=O)O)c1. The molecule has 5 nitrogen and oxygen atoms in total. The first-order chi connectivity index (χ1) is 10.1. The number of carboxylic acids is 1. The number of ether oxygens (including phenoxy) is 2. The zero-order valence-corrected chi connectivity index (χ0v) is 11.6. The number of carboxylic acid groups (broad SMARTS) is 1. The van der Waals surface area contributed by atoms with Crippen LogP contribution in [0.2, 0.25) is 0 Å². The Morgan fingerprint density at radius 2 is 2.05 bits per heavy atom. The van der Waals surface area contributed by atoms with E-state index >= 15 is 0 Å². The number of hydrogen-bond donors (Lipinski definition) is 1. The van der Waals surface area contributed by atoms with Crippen molar-refractivity contribution in [2.45, 2.75) is 6.92 Å². The molecule has 5 heteroatoms. The van der Waals surface area contributed by atoms with Crippen LogP contribution in [0.4, 0.5) is 0 Å². The maximum absolute atomic E-state index is 11.3. The molecule has 0 aliphatic heterocycles. The van der Waals surface area contributed by atoms with Gasteiger partial charge in [-0.05, 0) is 36.8 Å². The molecular weight excluding hydrogens is 270 g/mol. The molecule has 0 aliphatic rings. The van der Waals surface area contributed by atoms with E-state index in [0.717, 1.165) is 5.56 Å². The molecule has 0 unspecified atom stereocenters. The molecule has 0 saturated carbocycles. The molecule has 21 heavy (non-hydrogen) atoms. The van der Waals surface area contributed by atoms with Gasteiger partial charge in [-0.3, -0.25) is 0 Å². The van der Waals surface area contributed by atoms with Gasteiger partial charge in [-0.1, -0.05) is 12.1 Å². The van der Waals surface area contributed by atoms with Gasteiger partial charge in [0.1, 0.15) is 28.9 Å². The number of nitrogens with zero attached hydrogens (tertiary/aromatic N) is 1. The average Bonchev–Trinajstić information content (AvgIpc) is 2.49. The summed E-state index contributed by atoms with van der Waals surface area (Å²) < 4.78 is 10.7. The van der Waals surface area contributed by atoms with Gasteiger partial charge < -0.3 is 14.6 Å². The molecule has 0 saturated heterocycles. The van der Waals surface area contributed by atoms with Crippen LogP contribution in [0.3, 0.4) is 0 Å². The van der Waals surface area contributed by atoms with Gasteiger partial charge in [-0.25, -0.2) is 4.79 Å². The van der Waals surface area contributed by atoms with Crippen LogP contribution in [-0.2, 0) is 0 Å². The van der Waals surface area contributed by atoms with E-state index in [1.165, 1.54) is 19.2 Å². The summed E-state index contributed by atoms with van der Waals surface area (Å²) in [6, 6.07) is 11.7. The highest BCUT2D eigenvalue weighted by Crippen LogP contribution is 2.32. The number of methoxy groups -OCH3 is 1. The second-order valence-corrected chi connectivity index (χ2v) is 4.33. The normalized spacial score (nSPS) is 9.76. The van der Waals surface area contributed by atoms with Crippen LogP contribution in [0.1, 0.15) is 21.5 Å². The lowest BCUT2D eigenvalue weighted by Crippen LogP contribution is -2.02. The molecular formula is C16H13NO4. The van der Waals surface area contributed by atoms with E-state index < -0.39 is 5.97 Å². The summed E-state index contributed by atoms with van der Waals surface area (Å²) in [4.78, 5) is 11.3. The van der Waals surface area contributed by atoms with E-state index in [2.05, 4.69) is 0 Å². The number of benzene rings is 2. The lowest BCUT2D eigenvalue weighted by atomic mass is 10.1. The first-order valence-electron chi connectivity index (χ1n) is 6.15. The minimum atomic E-state index is -1.13. The quantitative estimate of drug-likeness (QED) is 0.930. The van der Waals surface area contributed by atoms with Crippen LogP contribution in [-0.4, -0.2) is 18.2 Å². The molecule has 2 rings (SSSR count). The van der Waals surface area contributed by atoms with Crippen LogP contribution in [0.15, 0.2) is 36.4 Å². The second kappa shape index (κ2) is 5.97. The van der Waals surface area contributed by atoms with E-state index in [1.807, 2.05) is 6.07 Å². The fourth-order valence-corrected chi connectivity index (χ4v) is 1.88. The molecule has 0 heterocycles. The predicted octanol–water partition coefficient (Wildman–Crippen LogP) is 3.37. The van der Waals surface area contributed by atoms with E-state index in [1.54, 1.807) is 31.2 Å². The molecule has 2 aromatic carbocycles. The highest BCUT2D eigenvalue weighted by molar-refractivity contribution is 5.91. The number of carbonyl (C=O) groups is 1. The molecule has 0 radical (unpaired) electrons. The minimum Gasteiger partial charge on any atom is -0.497 e. The van der Waals surface area contributed by atoms with E-state index in [0.29, 0.717) is 17.1 Å². The third kappa shape index (κ3) is 2.95. The van der Waals surface area contributed by atoms with Gasteiger partial charge in [-0.15, -0.1) is 0 Å². The van der Waals surface area contributed by atoms with Crippen molar-refractivity contribution in [3.63, 3.8) is 0 Å². The van der Waals surface area contributed by atoms with Crippen LogP contribution >= 0.6 is 0 Å². The third-order valence-electron chi connectivity index (χ3n) is 2.96. The number of para-hydroxylation sites is 1. The monoisotopic (exact) mass is 283 g/mol. The van der Waals surface area contributed by atoms with Crippen LogP contribution in [0.5, 0.6) is 17.2 Å². The lowest BCUT2D eigenvalue weighted by Gasteiger charge is -2.13. The number of hydrogen-bond acceptors (Lipinski definition) is 4. The molecule has 0 aromatic heterocycles. The van der Waals surface area contributed by atoms with Gasteiger partial charge in [-0.2, -0.15) is 5.26 Å². The number of rotatable bonds is 4. The van der Waals surface area contributed by atoms with Gasteiger partial charge in [0, 0.05) is 0 Å². The van der Waals surface area contributed by atoms with Gasteiger partial charge in [0.05, 0.1) is 12.7 Å². The summed E-state index contributed by atoms with van der Waals surface area (Å²) in [5.41, 5.74) is 1.07. The Morgan fingerprint density at radius 3 is 2.67 bits per heavy atom. The van der Waals surface area contributed by atoms with E-state index in [4.69, 9.17) is 14.7 Å². The summed E-state index contributed by atoms with van der Waals surface area (Å²) >= 11 is 0. The number of nitriles is 1. The number of aryl methyl sites for hydroxylation is 1. The Morgan fingerprint density at radius 1 is 1.29 bits per heavy atom.